The fourth-order valence-electron chi connectivity index (χ4n) is 8.45. The molecule has 2 heterocycles. The van der Waals surface area contributed by atoms with Gasteiger partial charge in [-0.05, 0) is 90.2 Å². The monoisotopic (exact) mass is 704 g/mol. The normalized spacial score (nSPS) is 16.0. The molecular formula is C51H36N4. The Hall–Kier alpha value is -7.04. The van der Waals surface area contributed by atoms with E-state index in [4.69, 9.17) is 9.97 Å². The number of fused-ring (bicyclic) bond motifs is 5. The second-order valence-electron chi connectivity index (χ2n) is 14.6. The molecule has 2 aliphatic carbocycles. The number of allylic oxidation sites excluding steroid dienone is 4. The Labute approximate surface area is 320 Å². The van der Waals surface area contributed by atoms with Gasteiger partial charge >= 0.3 is 0 Å². The summed E-state index contributed by atoms with van der Waals surface area (Å²) in [5.41, 5.74) is 15.1. The van der Waals surface area contributed by atoms with E-state index in [1.807, 2.05) is 30.3 Å². The highest BCUT2D eigenvalue weighted by Gasteiger charge is 2.40. The number of aromatic nitrogens is 3. The summed E-state index contributed by atoms with van der Waals surface area (Å²) in [6.07, 6.45) is 8.16. The molecule has 2 atom stereocenters. The number of benzene rings is 7. The van der Waals surface area contributed by atoms with Crippen molar-refractivity contribution in [3.63, 3.8) is 0 Å². The van der Waals surface area contributed by atoms with Crippen LogP contribution >= 0.6 is 0 Å². The molecule has 0 N–H and O–H groups in total. The lowest BCUT2D eigenvalue weighted by atomic mass is 9.99. The minimum Gasteiger partial charge on any atom is -0.313 e. The molecule has 0 radical (unpaired) electrons. The number of hydrogen-bond donors (Lipinski definition) is 0. The largest absolute Gasteiger partial charge is 0.313 e. The van der Waals surface area contributed by atoms with E-state index in [-0.39, 0.29) is 0 Å². The molecule has 260 valence electrons. The first-order chi connectivity index (χ1) is 27.3. The van der Waals surface area contributed by atoms with Gasteiger partial charge in [0.25, 0.3) is 0 Å². The van der Waals surface area contributed by atoms with Gasteiger partial charge < -0.3 is 9.47 Å². The Kier molecular flexibility index (Phi) is 7.34. The van der Waals surface area contributed by atoms with Gasteiger partial charge in [0, 0.05) is 50.6 Å². The summed E-state index contributed by atoms with van der Waals surface area (Å²) in [6, 6.07) is 62.5. The van der Waals surface area contributed by atoms with Crippen LogP contribution in [0.5, 0.6) is 0 Å². The van der Waals surface area contributed by atoms with Crippen molar-refractivity contribution in [1.29, 1.82) is 0 Å². The van der Waals surface area contributed by atoms with E-state index >= 15 is 0 Å². The first-order valence-electron chi connectivity index (χ1n) is 19.1. The highest BCUT2D eigenvalue weighted by Crippen LogP contribution is 2.51. The molecule has 2 unspecified atom stereocenters. The Bertz CT molecular complexity index is 2940. The predicted octanol–water partition coefficient (Wildman–Crippen LogP) is 13.3. The van der Waals surface area contributed by atoms with E-state index in [9.17, 15) is 0 Å². The summed E-state index contributed by atoms with van der Waals surface area (Å²) in [5.74, 6) is 1.27. The molecule has 11 rings (SSSR count). The molecule has 1 fully saturated rings. The maximum absolute atomic E-state index is 5.22. The number of nitrogens with zero attached hydrogens (tertiary/aromatic N) is 4. The molecule has 4 heteroatoms. The molecule has 0 bridgehead atoms. The topological polar surface area (TPSA) is 34.0 Å². The van der Waals surface area contributed by atoms with Crippen LogP contribution < -0.4 is 4.90 Å². The molecule has 1 saturated carbocycles. The van der Waals surface area contributed by atoms with Crippen molar-refractivity contribution in [2.45, 2.75) is 6.42 Å². The van der Waals surface area contributed by atoms with E-state index < -0.39 is 0 Å². The molecule has 2 aromatic heterocycles. The maximum atomic E-state index is 5.22. The van der Waals surface area contributed by atoms with Crippen LogP contribution in [0.25, 0.3) is 72.2 Å². The molecular weight excluding hydrogens is 669 g/mol. The first kappa shape index (κ1) is 31.5. The van der Waals surface area contributed by atoms with Gasteiger partial charge in [0.05, 0.1) is 33.5 Å². The third-order valence-corrected chi connectivity index (χ3v) is 11.3. The van der Waals surface area contributed by atoms with Crippen LogP contribution in [0.4, 0.5) is 17.1 Å². The molecule has 9 aromatic rings. The van der Waals surface area contributed by atoms with E-state index in [1.165, 1.54) is 45.1 Å². The van der Waals surface area contributed by atoms with Crippen LogP contribution in [0.3, 0.4) is 0 Å². The van der Waals surface area contributed by atoms with Gasteiger partial charge in [0.1, 0.15) is 0 Å². The second kappa shape index (κ2) is 12.8. The molecule has 55 heavy (non-hydrogen) atoms. The average Bonchev–Trinajstić information content (AvgIpc) is 3.99. The van der Waals surface area contributed by atoms with E-state index in [0.29, 0.717) is 11.8 Å². The Morgan fingerprint density at radius 2 is 1.02 bits per heavy atom. The van der Waals surface area contributed by atoms with Crippen molar-refractivity contribution in [1.82, 2.24) is 14.5 Å². The number of para-hydroxylation sites is 4. The lowest BCUT2D eigenvalue weighted by Crippen LogP contribution is -2.10. The first-order valence-corrected chi connectivity index (χ1v) is 19.1. The van der Waals surface area contributed by atoms with E-state index in [1.54, 1.807) is 0 Å². The Balaban J connectivity index is 1.02. The molecule has 7 aromatic carbocycles. The van der Waals surface area contributed by atoms with Gasteiger partial charge in [-0.25, -0.2) is 9.97 Å². The zero-order valence-electron chi connectivity index (χ0n) is 30.1. The predicted molar refractivity (Wildman–Crippen MR) is 229 cm³/mol. The quantitative estimate of drug-likeness (QED) is 0.166. The minimum absolute atomic E-state index is 0.601. The molecule has 4 nitrogen and oxygen atoms in total. The van der Waals surface area contributed by atoms with Gasteiger partial charge in [-0.2, -0.15) is 0 Å². The van der Waals surface area contributed by atoms with Crippen molar-refractivity contribution < 1.29 is 0 Å². The zero-order valence-corrected chi connectivity index (χ0v) is 30.1. The SMILES string of the molecule is C1=CC2CC2C(n2c3ccccc3c3cc(N(c4ccccc4)c4ccc(-c5nc6ccccc6nc5-c5ccc(-c6ccccc6)cc5)cc4)ccc32)=C1. The van der Waals surface area contributed by atoms with Gasteiger partial charge in [0.2, 0.25) is 0 Å². The molecule has 0 aliphatic heterocycles. The van der Waals surface area contributed by atoms with Crippen molar-refractivity contribution in [3.05, 3.63) is 194 Å². The van der Waals surface area contributed by atoms with Crippen LogP contribution in [-0.2, 0) is 0 Å². The Morgan fingerprint density at radius 3 is 1.75 bits per heavy atom. The van der Waals surface area contributed by atoms with Crippen LogP contribution in [0.15, 0.2) is 194 Å². The van der Waals surface area contributed by atoms with Gasteiger partial charge in [-0.15, -0.1) is 0 Å². The maximum Gasteiger partial charge on any atom is 0.0973 e. The van der Waals surface area contributed by atoms with Crippen LogP contribution in [0.1, 0.15) is 6.42 Å². The number of anilines is 3. The van der Waals surface area contributed by atoms with Gasteiger partial charge in [-0.3, -0.25) is 0 Å². The Morgan fingerprint density at radius 1 is 0.473 bits per heavy atom. The zero-order chi connectivity index (χ0) is 36.3. The van der Waals surface area contributed by atoms with E-state index in [0.717, 1.165) is 50.6 Å². The molecule has 0 saturated heterocycles. The smallest absolute Gasteiger partial charge is 0.0973 e. The fourth-order valence-corrected chi connectivity index (χ4v) is 8.45. The van der Waals surface area contributed by atoms with Crippen molar-refractivity contribution in [2.75, 3.05) is 4.90 Å². The van der Waals surface area contributed by atoms with Crippen molar-refractivity contribution >= 4 is 55.6 Å². The van der Waals surface area contributed by atoms with Crippen molar-refractivity contribution in [3.8, 4) is 33.6 Å². The van der Waals surface area contributed by atoms with Gasteiger partial charge in [0.15, 0.2) is 0 Å². The third kappa shape index (κ3) is 5.45. The highest BCUT2D eigenvalue weighted by atomic mass is 15.1. The van der Waals surface area contributed by atoms with Crippen molar-refractivity contribution in [2.24, 2.45) is 11.8 Å². The minimum atomic E-state index is 0.601. The van der Waals surface area contributed by atoms with Gasteiger partial charge in [-0.1, -0.05) is 127 Å². The summed E-state index contributed by atoms with van der Waals surface area (Å²) in [5, 5.41) is 2.53. The van der Waals surface area contributed by atoms with E-state index in [2.05, 4.69) is 173 Å². The third-order valence-electron chi connectivity index (χ3n) is 11.3. The molecule has 0 spiro atoms. The lowest BCUT2D eigenvalue weighted by molar-refractivity contribution is 0.935. The summed E-state index contributed by atoms with van der Waals surface area (Å²) in [6.45, 7) is 0. The van der Waals surface area contributed by atoms with Crippen LogP contribution in [-0.4, -0.2) is 14.5 Å². The number of hydrogen-bond acceptors (Lipinski definition) is 3. The second-order valence-corrected chi connectivity index (χ2v) is 14.6. The van der Waals surface area contributed by atoms with Crippen LogP contribution in [0, 0.1) is 11.8 Å². The highest BCUT2D eigenvalue weighted by molar-refractivity contribution is 6.11. The summed E-state index contributed by atoms with van der Waals surface area (Å²) < 4.78 is 2.50. The lowest BCUT2D eigenvalue weighted by Gasteiger charge is -2.26. The average molecular weight is 705 g/mol. The summed E-state index contributed by atoms with van der Waals surface area (Å²) >= 11 is 0. The summed E-state index contributed by atoms with van der Waals surface area (Å²) in [4.78, 5) is 12.8. The summed E-state index contributed by atoms with van der Waals surface area (Å²) in [7, 11) is 0. The molecule has 2 aliphatic rings. The standard InChI is InChI=1S/C51H36N4/c1-3-12-34(13-4-1)35-22-24-36(25-23-35)50-51(53-46-19-9-8-18-45(46)52-50)37-26-28-40(29-27-37)54(39-15-5-2-6-16-39)41-30-31-49-44(33-41)42-17-7-10-20-47(42)55(49)48-21-11-14-38-32-43(38)48/h1-31,33,38,43H,32H2. The molecule has 0 amide bonds. The number of rotatable bonds is 7. The fraction of sp³-hybridized carbons (Fsp3) is 0.0588. The van der Waals surface area contributed by atoms with Crippen LogP contribution in [0.2, 0.25) is 0 Å².